The fraction of sp³-hybridized carbons (Fsp3) is 0.237. The molecule has 244 valence electrons. The molecule has 0 fully saturated rings. The maximum atomic E-state index is 14.2. The molecule has 2 aliphatic rings. The zero-order chi connectivity index (χ0) is 32.3. The molecule has 0 saturated carbocycles. The molecule has 0 radical (unpaired) electrons. The summed E-state index contributed by atoms with van der Waals surface area (Å²) in [4.78, 5) is 0. The Morgan fingerprint density at radius 1 is 0.660 bits per heavy atom. The van der Waals surface area contributed by atoms with Crippen molar-refractivity contribution in [3.05, 3.63) is 151 Å². The fourth-order valence-electron chi connectivity index (χ4n) is 7.13. The van der Waals surface area contributed by atoms with Gasteiger partial charge >= 0.3 is 268 Å². The molecule has 1 unspecified atom stereocenters. The normalized spacial score (nSPS) is 15.7. The minimum absolute atomic E-state index is 0. The smallest absolute Gasteiger partial charge is 1.00 e. The Morgan fingerprint density at radius 3 is 1.51 bits per heavy atom. The first kappa shape index (κ1) is 37.1. The third-order valence-electron chi connectivity index (χ3n) is 8.98. The van der Waals surface area contributed by atoms with Gasteiger partial charge in [0, 0.05) is 0 Å². The Balaban J connectivity index is 0.00000250. The molecule has 0 heterocycles. The third-order valence-corrected chi connectivity index (χ3v) is 18.1. The third kappa shape index (κ3) is 6.91. The van der Waals surface area contributed by atoms with Crippen LogP contribution in [-0.4, -0.2) is 3.21 Å². The number of hydrogen-bond acceptors (Lipinski definition) is 0. The van der Waals surface area contributed by atoms with Crippen molar-refractivity contribution in [1.29, 1.82) is 0 Å². The predicted octanol–water partition coefficient (Wildman–Crippen LogP) is 5.20. The predicted molar refractivity (Wildman–Crippen MR) is 165 cm³/mol. The van der Waals surface area contributed by atoms with E-state index >= 15 is 0 Å². The van der Waals surface area contributed by atoms with Crippen molar-refractivity contribution >= 4 is 3.21 Å². The molecule has 0 nitrogen and oxygen atoms in total. The van der Waals surface area contributed by atoms with E-state index in [1.54, 1.807) is 12.1 Å². The first-order chi connectivity index (χ1) is 21.3. The van der Waals surface area contributed by atoms with Gasteiger partial charge in [-0.3, -0.25) is 0 Å². The number of halogens is 8. The summed E-state index contributed by atoms with van der Waals surface area (Å²) in [6, 6.07) is 26.6. The van der Waals surface area contributed by atoms with E-state index in [9.17, 15) is 26.3 Å². The van der Waals surface area contributed by atoms with E-state index in [0.29, 0.717) is 14.3 Å². The van der Waals surface area contributed by atoms with Crippen molar-refractivity contribution in [2.24, 2.45) is 11.8 Å². The second-order valence-corrected chi connectivity index (χ2v) is 18.2. The number of fused-ring (bicyclic) bond motifs is 3. The molecule has 0 aliphatic heterocycles. The van der Waals surface area contributed by atoms with Gasteiger partial charge in [0.05, 0.1) is 0 Å². The van der Waals surface area contributed by atoms with Crippen LogP contribution in [0.2, 0.25) is 0 Å². The number of allylic oxidation sites excluding steroid dienone is 4. The van der Waals surface area contributed by atoms with Crippen molar-refractivity contribution in [1.82, 2.24) is 0 Å². The van der Waals surface area contributed by atoms with Crippen molar-refractivity contribution < 1.29 is 72.4 Å². The number of hydrogen-bond donors (Lipinski definition) is 0. The molecule has 6 rings (SSSR count). The topological polar surface area (TPSA) is 0 Å². The van der Waals surface area contributed by atoms with Crippen LogP contribution in [0.15, 0.2) is 118 Å². The van der Waals surface area contributed by atoms with Gasteiger partial charge in [0.15, 0.2) is 0 Å². The van der Waals surface area contributed by atoms with E-state index in [4.69, 9.17) is 0 Å². The van der Waals surface area contributed by atoms with Crippen molar-refractivity contribution in [2.45, 2.75) is 43.7 Å². The van der Waals surface area contributed by atoms with E-state index in [1.807, 2.05) is 24.3 Å². The summed E-state index contributed by atoms with van der Waals surface area (Å²) in [6.45, 7) is 8.46. The molecular weight excluding hydrogens is 733 g/mol. The first-order valence-corrected chi connectivity index (χ1v) is 18.9. The largest absolute Gasteiger partial charge is 1.00 e. The molecule has 0 spiro atoms. The van der Waals surface area contributed by atoms with Gasteiger partial charge in [-0.2, -0.15) is 0 Å². The maximum Gasteiger partial charge on any atom is -1.00 e. The fourth-order valence-corrected chi connectivity index (χ4v) is 17.1. The molecule has 47 heavy (non-hydrogen) atoms. The number of rotatable bonds is 5. The van der Waals surface area contributed by atoms with Gasteiger partial charge in [-0.15, -0.1) is 0 Å². The summed E-state index contributed by atoms with van der Waals surface area (Å²) in [5.74, 6) is 0.228. The monoisotopic (exact) mass is 762 g/mol. The van der Waals surface area contributed by atoms with Crippen LogP contribution in [0.5, 0.6) is 0 Å². The van der Waals surface area contributed by atoms with Crippen LogP contribution in [0.1, 0.15) is 64.7 Å². The van der Waals surface area contributed by atoms with Gasteiger partial charge in [-0.05, 0) is 0 Å². The maximum absolute atomic E-state index is 14.2. The molecule has 0 amide bonds. The Hall–Kier alpha value is -2.73. The molecule has 0 saturated heterocycles. The van der Waals surface area contributed by atoms with Gasteiger partial charge < -0.3 is 24.8 Å². The molecule has 1 atom stereocenters. The second kappa shape index (κ2) is 14.0. The summed E-state index contributed by atoms with van der Waals surface area (Å²) in [5, 5.41) is 0. The average Bonchev–Trinajstić information content (AvgIpc) is 3.49. The molecule has 0 aromatic heterocycles. The number of benzene rings is 4. The van der Waals surface area contributed by atoms with Gasteiger partial charge in [0.1, 0.15) is 0 Å². The zero-order valence-corrected chi connectivity index (χ0v) is 30.0. The molecular formula is C38H32Cl2F6Zr. The summed E-state index contributed by atoms with van der Waals surface area (Å²) in [6.07, 6.45) is -6.96. The van der Waals surface area contributed by atoms with E-state index in [2.05, 4.69) is 58.0 Å². The zero-order valence-electron chi connectivity index (χ0n) is 26.1. The minimum Gasteiger partial charge on any atom is -1.00 e. The SMILES string of the molecule is CC1=[C]([Zr+2](=[C](c2cccc(C(F)(F)F)c2)c2cccc(C(F)(F)F)c2)[CH]2c3ccccc3-c3ccccc32)C(C)C=C1C(C)C.[Cl-].[Cl-]. The first-order valence-electron chi connectivity index (χ1n) is 15.0. The van der Waals surface area contributed by atoms with Crippen LogP contribution in [0.3, 0.4) is 0 Å². The van der Waals surface area contributed by atoms with Gasteiger partial charge in [-0.25, -0.2) is 0 Å². The molecule has 0 N–H and O–H groups in total. The van der Waals surface area contributed by atoms with Crippen LogP contribution in [-0.2, 0) is 33.6 Å². The van der Waals surface area contributed by atoms with Gasteiger partial charge in [-0.1, -0.05) is 0 Å². The summed E-state index contributed by atoms with van der Waals surface area (Å²) >= 11 is -3.61. The molecule has 4 aromatic carbocycles. The van der Waals surface area contributed by atoms with Crippen LogP contribution in [0.25, 0.3) is 11.1 Å². The van der Waals surface area contributed by atoms with Crippen molar-refractivity contribution in [3.8, 4) is 11.1 Å². The van der Waals surface area contributed by atoms with Gasteiger partial charge in [0.25, 0.3) is 0 Å². The van der Waals surface area contributed by atoms with Crippen LogP contribution in [0.4, 0.5) is 26.3 Å². The Morgan fingerprint density at radius 2 is 1.11 bits per heavy atom. The quantitative estimate of drug-likeness (QED) is 0.246. The second-order valence-electron chi connectivity index (χ2n) is 12.2. The summed E-state index contributed by atoms with van der Waals surface area (Å²) < 4.78 is 86.6. The Bertz CT molecular complexity index is 1790. The Kier molecular flexibility index (Phi) is 11.1. The number of alkyl halides is 6. The van der Waals surface area contributed by atoms with Crippen molar-refractivity contribution in [3.63, 3.8) is 0 Å². The summed E-state index contributed by atoms with van der Waals surface area (Å²) in [7, 11) is 0. The molecule has 9 heteroatoms. The Labute approximate surface area is 291 Å². The van der Waals surface area contributed by atoms with E-state index in [1.165, 1.54) is 21.0 Å². The molecule has 0 bridgehead atoms. The standard InChI is InChI=1S/C15H8F6.C13H9.C10H15.2ClH.Zr/c16-14(17,18)12-5-1-3-10(8-12)7-11-4-2-6-13(9-11)15(19,20)21;1-3-7-12-10(5-1)9-11-6-2-4-8-13(11)12;1-7(2)10-6-8(3)5-9(10)4;;;/h1-6,8-9H;1-9H;6-8H,1-4H3;2*1H;/q;;;;;+2/p-2. The van der Waals surface area contributed by atoms with Crippen LogP contribution >= 0.6 is 0 Å². The molecule has 4 aromatic rings. The van der Waals surface area contributed by atoms with Crippen LogP contribution in [0, 0.1) is 11.8 Å². The van der Waals surface area contributed by atoms with Gasteiger partial charge in [0.2, 0.25) is 0 Å². The summed E-state index contributed by atoms with van der Waals surface area (Å²) in [5.41, 5.74) is 5.71. The van der Waals surface area contributed by atoms with Crippen LogP contribution < -0.4 is 24.8 Å². The van der Waals surface area contributed by atoms with E-state index in [-0.39, 0.29) is 40.3 Å². The minimum atomic E-state index is -4.60. The molecule has 2 aliphatic carbocycles. The van der Waals surface area contributed by atoms with Crippen molar-refractivity contribution in [2.75, 3.05) is 0 Å². The van der Waals surface area contributed by atoms with E-state index in [0.717, 1.165) is 52.1 Å². The average molecular weight is 765 g/mol. The van der Waals surface area contributed by atoms with E-state index < -0.39 is 44.7 Å².